The lowest BCUT2D eigenvalue weighted by molar-refractivity contribution is -0.139. The molecule has 0 aromatic heterocycles. The molecule has 8 nitrogen and oxygen atoms in total. The number of carbonyl (C=O) groups excluding carboxylic acids is 3. The van der Waals surface area contributed by atoms with Crippen molar-refractivity contribution in [2.24, 2.45) is 5.10 Å². The highest BCUT2D eigenvalue weighted by atomic mass is 79.9. The predicted octanol–water partition coefficient (Wildman–Crippen LogP) is 3.89. The molecule has 0 aliphatic rings. The third-order valence-corrected chi connectivity index (χ3v) is 5.08. The number of hydrazone groups is 1. The van der Waals surface area contributed by atoms with E-state index in [1.807, 2.05) is 18.2 Å². The largest absolute Gasteiger partial charge is 0.483 e. The fourth-order valence-corrected chi connectivity index (χ4v) is 3.19. The van der Waals surface area contributed by atoms with Crippen molar-refractivity contribution in [3.63, 3.8) is 0 Å². The molecule has 0 saturated carbocycles. The predicted molar refractivity (Wildman–Crippen MR) is 134 cm³/mol. The smallest absolute Gasteiger partial charge is 0.329 e. The summed E-state index contributed by atoms with van der Waals surface area (Å²) in [6.45, 7) is -0.0569. The Kier molecular flexibility index (Phi) is 9.19. The molecule has 3 amide bonds. The third-order valence-electron chi connectivity index (χ3n) is 4.33. The van der Waals surface area contributed by atoms with Gasteiger partial charge in [0.05, 0.1) is 6.21 Å². The van der Waals surface area contributed by atoms with E-state index >= 15 is 0 Å². The molecule has 0 saturated heterocycles. The Morgan fingerprint density at radius 1 is 0.971 bits per heavy atom. The molecular formula is C24H20BrClN4O4. The highest BCUT2D eigenvalue weighted by Crippen LogP contribution is 2.22. The van der Waals surface area contributed by atoms with Gasteiger partial charge in [0, 0.05) is 27.3 Å². The van der Waals surface area contributed by atoms with Crippen LogP contribution in [0.15, 0.2) is 82.4 Å². The first-order valence-corrected chi connectivity index (χ1v) is 11.2. The van der Waals surface area contributed by atoms with Crippen molar-refractivity contribution in [3.05, 3.63) is 93.4 Å². The van der Waals surface area contributed by atoms with Gasteiger partial charge in [-0.25, -0.2) is 5.43 Å². The van der Waals surface area contributed by atoms with Crippen LogP contribution in [-0.2, 0) is 20.9 Å². The fraction of sp³-hybridized carbons (Fsp3) is 0.0833. The average molecular weight is 544 g/mol. The molecule has 0 heterocycles. The minimum atomic E-state index is -0.926. The molecule has 0 radical (unpaired) electrons. The molecule has 0 spiro atoms. The normalized spacial score (nSPS) is 10.5. The van der Waals surface area contributed by atoms with E-state index in [0.29, 0.717) is 22.0 Å². The van der Waals surface area contributed by atoms with Crippen molar-refractivity contribution in [2.45, 2.75) is 6.54 Å². The summed E-state index contributed by atoms with van der Waals surface area (Å²) in [6, 6.07) is 21.0. The number of hydrogen-bond donors (Lipinski definition) is 3. The Balaban J connectivity index is 1.52. The second kappa shape index (κ2) is 12.5. The summed E-state index contributed by atoms with van der Waals surface area (Å²) in [5.74, 6) is -1.72. The Bertz CT molecular complexity index is 1190. The molecule has 10 heteroatoms. The molecule has 0 atom stereocenters. The van der Waals surface area contributed by atoms with Gasteiger partial charge in [-0.15, -0.1) is 0 Å². The molecule has 3 aromatic carbocycles. The van der Waals surface area contributed by atoms with Crippen LogP contribution in [0.1, 0.15) is 11.1 Å². The molecule has 0 fully saturated rings. The summed E-state index contributed by atoms with van der Waals surface area (Å²) < 4.78 is 6.34. The van der Waals surface area contributed by atoms with Gasteiger partial charge >= 0.3 is 11.8 Å². The minimum Gasteiger partial charge on any atom is -0.483 e. The van der Waals surface area contributed by atoms with Crippen LogP contribution in [0.4, 0.5) is 5.69 Å². The van der Waals surface area contributed by atoms with Gasteiger partial charge in [-0.2, -0.15) is 5.10 Å². The zero-order valence-corrected chi connectivity index (χ0v) is 20.1. The summed E-state index contributed by atoms with van der Waals surface area (Å²) in [6.07, 6.45) is 1.32. The van der Waals surface area contributed by atoms with Crippen LogP contribution in [0.25, 0.3) is 0 Å². The summed E-state index contributed by atoms with van der Waals surface area (Å²) in [5.41, 5.74) is 4.11. The lowest BCUT2D eigenvalue weighted by atomic mass is 10.2. The topological polar surface area (TPSA) is 109 Å². The Morgan fingerprint density at radius 3 is 2.44 bits per heavy atom. The maximum atomic E-state index is 12.1. The van der Waals surface area contributed by atoms with E-state index in [2.05, 4.69) is 37.1 Å². The van der Waals surface area contributed by atoms with Gasteiger partial charge in [0.15, 0.2) is 6.61 Å². The zero-order chi connectivity index (χ0) is 24.3. The second-order valence-electron chi connectivity index (χ2n) is 6.89. The SMILES string of the molecule is O=C(COc1ccc(Br)cc1/C=N\NC(=O)C(=O)NCc1ccc(Cl)cc1)Nc1ccccc1. The number of rotatable bonds is 8. The van der Waals surface area contributed by atoms with Crippen molar-refractivity contribution in [1.29, 1.82) is 0 Å². The number of ether oxygens (including phenoxy) is 1. The molecule has 0 aliphatic heterocycles. The number of nitrogens with one attached hydrogen (secondary N) is 3. The number of hydrogen-bond acceptors (Lipinski definition) is 5. The molecule has 3 rings (SSSR count). The van der Waals surface area contributed by atoms with Gasteiger partial charge in [0.2, 0.25) is 0 Å². The first-order valence-electron chi connectivity index (χ1n) is 10.0. The number of anilines is 1. The lowest BCUT2D eigenvalue weighted by Gasteiger charge is -2.10. The Morgan fingerprint density at radius 2 is 1.71 bits per heavy atom. The number of nitrogens with zero attached hydrogens (tertiary/aromatic N) is 1. The van der Waals surface area contributed by atoms with Gasteiger partial charge < -0.3 is 15.4 Å². The monoisotopic (exact) mass is 542 g/mol. The molecule has 3 aromatic rings. The summed E-state index contributed by atoms with van der Waals surface area (Å²) in [5, 5.41) is 9.62. The van der Waals surface area contributed by atoms with Gasteiger partial charge in [-0.1, -0.05) is 57.9 Å². The van der Waals surface area contributed by atoms with Crippen LogP contribution in [0.3, 0.4) is 0 Å². The van der Waals surface area contributed by atoms with Gasteiger partial charge in [-0.05, 0) is 48.0 Å². The van der Waals surface area contributed by atoms with E-state index in [4.69, 9.17) is 16.3 Å². The summed E-state index contributed by atoms with van der Waals surface area (Å²) in [4.78, 5) is 36.1. The van der Waals surface area contributed by atoms with Crippen molar-refractivity contribution in [2.75, 3.05) is 11.9 Å². The molecule has 174 valence electrons. The molecule has 0 unspecified atom stereocenters. The first kappa shape index (κ1) is 24.9. The van der Waals surface area contributed by atoms with Crippen LogP contribution in [-0.4, -0.2) is 30.5 Å². The van der Waals surface area contributed by atoms with E-state index < -0.39 is 11.8 Å². The number of carbonyl (C=O) groups is 3. The van der Waals surface area contributed by atoms with E-state index in [1.165, 1.54) is 6.21 Å². The quantitative estimate of drug-likeness (QED) is 0.228. The number of halogens is 2. The Labute approximate surface area is 209 Å². The van der Waals surface area contributed by atoms with Crippen LogP contribution >= 0.6 is 27.5 Å². The van der Waals surface area contributed by atoms with Crippen LogP contribution in [0, 0.1) is 0 Å². The summed E-state index contributed by atoms with van der Waals surface area (Å²) in [7, 11) is 0. The molecule has 34 heavy (non-hydrogen) atoms. The van der Waals surface area contributed by atoms with Crippen LogP contribution < -0.4 is 20.8 Å². The third kappa shape index (κ3) is 8.02. The van der Waals surface area contributed by atoms with E-state index in [1.54, 1.807) is 54.6 Å². The fourth-order valence-electron chi connectivity index (χ4n) is 2.69. The van der Waals surface area contributed by atoms with Crippen molar-refractivity contribution < 1.29 is 19.1 Å². The molecule has 0 bridgehead atoms. The maximum Gasteiger partial charge on any atom is 0.329 e. The van der Waals surface area contributed by atoms with E-state index in [-0.39, 0.29) is 19.1 Å². The zero-order valence-electron chi connectivity index (χ0n) is 17.8. The number of amides is 3. The van der Waals surface area contributed by atoms with Crippen molar-refractivity contribution in [1.82, 2.24) is 10.7 Å². The molecular weight excluding hydrogens is 524 g/mol. The molecule has 3 N–H and O–H groups in total. The lowest BCUT2D eigenvalue weighted by Crippen LogP contribution is -2.37. The van der Waals surface area contributed by atoms with Gasteiger partial charge in [-0.3, -0.25) is 14.4 Å². The van der Waals surface area contributed by atoms with Crippen molar-refractivity contribution in [3.8, 4) is 5.75 Å². The van der Waals surface area contributed by atoms with E-state index in [0.717, 1.165) is 10.0 Å². The highest BCUT2D eigenvalue weighted by Gasteiger charge is 2.12. The highest BCUT2D eigenvalue weighted by molar-refractivity contribution is 9.10. The van der Waals surface area contributed by atoms with Gasteiger partial charge in [0.25, 0.3) is 5.91 Å². The van der Waals surface area contributed by atoms with Crippen molar-refractivity contribution >= 4 is 57.2 Å². The standard InChI is InChI=1S/C24H20BrClN4O4/c25-18-8-11-21(34-15-22(31)29-20-4-2-1-3-5-20)17(12-18)14-28-30-24(33)23(32)27-13-16-6-9-19(26)10-7-16/h1-12,14H,13,15H2,(H,27,32)(H,29,31)(H,30,33)/b28-14-. The second-order valence-corrected chi connectivity index (χ2v) is 8.25. The van der Waals surface area contributed by atoms with Gasteiger partial charge in [0.1, 0.15) is 5.75 Å². The van der Waals surface area contributed by atoms with E-state index in [9.17, 15) is 14.4 Å². The van der Waals surface area contributed by atoms with Crippen LogP contribution in [0.5, 0.6) is 5.75 Å². The van der Waals surface area contributed by atoms with Crippen LogP contribution in [0.2, 0.25) is 5.02 Å². The summed E-state index contributed by atoms with van der Waals surface area (Å²) >= 11 is 9.18. The first-order chi connectivity index (χ1) is 16.4. The Hall–Kier alpha value is -3.69. The minimum absolute atomic E-state index is 0.168. The maximum absolute atomic E-state index is 12.1. The average Bonchev–Trinajstić information content (AvgIpc) is 2.83. The number of para-hydroxylation sites is 1. The number of benzene rings is 3. The molecule has 0 aliphatic carbocycles.